The number of allylic oxidation sites excluding steroid dienone is 25. The van der Waals surface area contributed by atoms with Crippen molar-refractivity contribution in [2.45, 2.75) is 234 Å². The molecule has 0 aromatic carbocycles. The minimum absolute atomic E-state index is 0.164. The van der Waals surface area contributed by atoms with Crippen LogP contribution in [0.5, 0.6) is 0 Å². The molecule has 490 valence electrons. The molecule has 17 unspecified atom stereocenters. The van der Waals surface area contributed by atoms with Gasteiger partial charge < -0.3 is 89.9 Å². The number of aliphatic hydroxyl groups is 11. The molecule has 0 radical (unpaired) electrons. The van der Waals surface area contributed by atoms with E-state index in [1.165, 1.54) is 0 Å². The van der Waals surface area contributed by atoms with Crippen LogP contribution in [0.4, 0.5) is 0 Å². The first kappa shape index (κ1) is 76.7. The molecule has 12 N–H and O–H groups in total. The van der Waals surface area contributed by atoms with Crippen LogP contribution in [0.1, 0.15) is 129 Å². The summed E-state index contributed by atoms with van der Waals surface area (Å²) in [6.07, 6.45) is 42.8. The standard InChI is InChI=1S/C68H105NO18/c1-3-5-7-9-11-13-14-15-16-17-18-19-20-21-22-23-24-25-26-27-28-29-30-31-32-33-34-35-36-38-40-42-44-46-56(74)69-51(52(73)45-43-41-39-37-12-10-8-6-4-2)50-82-66-62(80)59(77)64(54(48-71)84-66)87-68-63(81)60(78)65(55(49-72)85-68)86-67-61(79)58(76)57(75)53(47-70)83-67/h4-7,11-13,15-16,18-19,21-22,24-25,27-28,30-31,33-34,36-38,43,45,51-55,57-68,70-73,75-81H,3,8-10,14,17,20,23,26,29,32,35,39-42,44,46-50H2,1-2H3,(H,69,74)/b6-4+,7-5-,13-11-,16-15-,19-18-,22-21-,25-24-,28-27-,31-30-,34-33-,37-12+,38-36-,45-43+. The van der Waals surface area contributed by atoms with Crippen molar-refractivity contribution in [1.29, 1.82) is 0 Å². The van der Waals surface area contributed by atoms with Crippen molar-refractivity contribution in [2.75, 3.05) is 26.4 Å². The topological polar surface area (TPSA) is 307 Å². The fourth-order valence-electron chi connectivity index (χ4n) is 9.31. The Bertz CT molecular complexity index is 2200. The molecule has 0 aromatic heterocycles. The van der Waals surface area contributed by atoms with Crippen LogP contribution in [0.15, 0.2) is 158 Å². The summed E-state index contributed by atoms with van der Waals surface area (Å²) in [6, 6.07) is -1.03. The van der Waals surface area contributed by atoms with Crippen molar-refractivity contribution in [3.8, 4) is 0 Å². The molecular weight excluding hydrogens is 1120 g/mol. The molecule has 0 aliphatic carbocycles. The van der Waals surface area contributed by atoms with Crippen LogP contribution in [0.25, 0.3) is 0 Å². The first-order valence-corrected chi connectivity index (χ1v) is 31.2. The van der Waals surface area contributed by atoms with E-state index in [9.17, 15) is 61.0 Å². The number of unbranched alkanes of at least 4 members (excludes halogenated alkanes) is 4. The maximum Gasteiger partial charge on any atom is 0.220 e. The molecule has 0 spiro atoms. The Morgan fingerprint density at radius 2 is 0.805 bits per heavy atom. The SMILES string of the molecule is C/C=C/CC/C=C/CC/C=C/C(O)C(COC1OC(CO)C(OC2OC(CO)C(OC3OC(CO)C(O)C(O)C3O)C(O)C2O)C(O)C1O)NC(=O)CCCC/C=C\C/C=C\C/C=C\C/C=C\C/C=C\C/C=C\C/C=C\C/C=C\C/C=C\C/C=C\CC. The molecule has 87 heavy (non-hydrogen) atoms. The zero-order chi connectivity index (χ0) is 63.3. The van der Waals surface area contributed by atoms with E-state index in [2.05, 4.69) is 152 Å². The van der Waals surface area contributed by atoms with Gasteiger partial charge in [-0.2, -0.15) is 0 Å². The smallest absolute Gasteiger partial charge is 0.220 e. The molecule has 3 aliphatic heterocycles. The van der Waals surface area contributed by atoms with Crippen LogP contribution >= 0.6 is 0 Å². The molecule has 0 saturated carbocycles. The number of carbonyl (C=O) groups excluding carboxylic acids is 1. The molecule has 1 amide bonds. The van der Waals surface area contributed by atoms with Crippen molar-refractivity contribution in [2.24, 2.45) is 0 Å². The highest BCUT2D eigenvalue weighted by Crippen LogP contribution is 2.33. The molecule has 3 aliphatic rings. The van der Waals surface area contributed by atoms with E-state index in [-0.39, 0.29) is 12.3 Å². The number of aliphatic hydroxyl groups excluding tert-OH is 11. The Balaban J connectivity index is 1.41. The zero-order valence-electron chi connectivity index (χ0n) is 51.2. The summed E-state index contributed by atoms with van der Waals surface area (Å²) >= 11 is 0. The summed E-state index contributed by atoms with van der Waals surface area (Å²) in [5.41, 5.74) is 0. The molecule has 3 saturated heterocycles. The van der Waals surface area contributed by atoms with Gasteiger partial charge in [-0.1, -0.05) is 165 Å². The van der Waals surface area contributed by atoms with Crippen LogP contribution < -0.4 is 5.32 Å². The monoisotopic (exact) mass is 1220 g/mol. The van der Waals surface area contributed by atoms with Crippen molar-refractivity contribution in [1.82, 2.24) is 5.32 Å². The van der Waals surface area contributed by atoms with Gasteiger partial charge in [0.05, 0.1) is 38.6 Å². The lowest BCUT2D eigenvalue weighted by Crippen LogP contribution is -2.66. The molecular formula is C68H105NO18. The second kappa shape index (κ2) is 48.3. The van der Waals surface area contributed by atoms with E-state index in [1.807, 2.05) is 13.0 Å². The van der Waals surface area contributed by atoms with Crippen molar-refractivity contribution >= 4 is 5.91 Å². The van der Waals surface area contributed by atoms with Gasteiger partial charge in [-0.3, -0.25) is 4.79 Å². The van der Waals surface area contributed by atoms with Crippen LogP contribution in [-0.2, 0) is 33.2 Å². The van der Waals surface area contributed by atoms with Gasteiger partial charge in [0.2, 0.25) is 5.91 Å². The third kappa shape index (κ3) is 31.1. The van der Waals surface area contributed by atoms with E-state index in [0.29, 0.717) is 12.8 Å². The van der Waals surface area contributed by atoms with Gasteiger partial charge in [0.15, 0.2) is 18.9 Å². The quantitative estimate of drug-likeness (QED) is 0.0226. The number of ether oxygens (including phenoxy) is 6. The fraction of sp³-hybridized carbons (Fsp3) is 0.603. The maximum absolute atomic E-state index is 13.3. The summed E-state index contributed by atoms with van der Waals surface area (Å²) < 4.78 is 34.1. The molecule has 17 atom stereocenters. The number of nitrogens with one attached hydrogen (secondary N) is 1. The number of rotatable bonds is 43. The van der Waals surface area contributed by atoms with Gasteiger partial charge in [0.25, 0.3) is 0 Å². The van der Waals surface area contributed by atoms with Gasteiger partial charge >= 0.3 is 0 Å². The van der Waals surface area contributed by atoms with Gasteiger partial charge in [-0.15, -0.1) is 0 Å². The Morgan fingerprint density at radius 1 is 0.437 bits per heavy atom. The first-order valence-electron chi connectivity index (χ1n) is 31.2. The highest BCUT2D eigenvalue weighted by Gasteiger charge is 2.53. The minimum Gasteiger partial charge on any atom is -0.394 e. The molecule has 3 fully saturated rings. The number of hydrogen-bond acceptors (Lipinski definition) is 18. The lowest BCUT2D eigenvalue weighted by Gasteiger charge is -2.48. The molecule has 0 bridgehead atoms. The second-order valence-corrected chi connectivity index (χ2v) is 21.4. The highest BCUT2D eigenvalue weighted by atomic mass is 16.8. The summed E-state index contributed by atoms with van der Waals surface area (Å²) in [7, 11) is 0. The summed E-state index contributed by atoms with van der Waals surface area (Å²) in [5.74, 6) is -0.345. The van der Waals surface area contributed by atoms with E-state index in [1.54, 1.807) is 12.2 Å². The summed E-state index contributed by atoms with van der Waals surface area (Å²) in [5, 5.41) is 120. The third-order valence-corrected chi connectivity index (χ3v) is 14.4. The summed E-state index contributed by atoms with van der Waals surface area (Å²) in [4.78, 5) is 13.3. The van der Waals surface area contributed by atoms with Crippen LogP contribution in [-0.4, -0.2) is 193 Å². The second-order valence-electron chi connectivity index (χ2n) is 21.4. The molecule has 3 heterocycles. The third-order valence-electron chi connectivity index (χ3n) is 14.4. The van der Waals surface area contributed by atoms with Gasteiger partial charge in [-0.05, 0) is 116 Å². The van der Waals surface area contributed by atoms with Crippen LogP contribution in [0.3, 0.4) is 0 Å². The van der Waals surface area contributed by atoms with E-state index < -0.39 is 131 Å². The molecule has 19 heteroatoms. The summed E-state index contributed by atoms with van der Waals surface area (Å²) in [6.45, 7) is 1.25. The fourth-order valence-corrected chi connectivity index (χ4v) is 9.31. The minimum atomic E-state index is -1.99. The van der Waals surface area contributed by atoms with Crippen LogP contribution in [0.2, 0.25) is 0 Å². The molecule has 0 aromatic rings. The Kier molecular flexibility index (Phi) is 42.5. The number of amides is 1. The Hall–Kier alpha value is -4.59. The predicted molar refractivity (Wildman–Crippen MR) is 336 cm³/mol. The highest BCUT2D eigenvalue weighted by molar-refractivity contribution is 5.76. The zero-order valence-corrected chi connectivity index (χ0v) is 51.2. The number of hydrogen-bond donors (Lipinski definition) is 12. The maximum atomic E-state index is 13.3. The largest absolute Gasteiger partial charge is 0.394 e. The van der Waals surface area contributed by atoms with Gasteiger partial charge in [0, 0.05) is 6.42 Å². The Labute approximate surface area is 516 Å². The van der Waals surface area contributed by atoms with Gasteiger partial charge in [-0.25, -0.2) is 0 Å². The van der Waals surface area contributed by atoms with Gasteiger partial charge in [0.1, 0.15) is 73.2 Å². The van der Waals surface area contributed by atoms with Crippen LogP contribution in [0, 0.1) is 0 Å². The van der Waals surface area contributed by atoms with E-state index in [4.69, 9.17) is 28.4 Å². The predicted octanol–water partition coefficient (Wildman–Crippen LogP) is 6.59. The van der Waals surface area contributed by atoms with Crippen molar-refractivity contribution < 1.29 is 89.4 Å². The lowest BCUT2D eigenvalue weighted by atomic mass is 9.96. The van der Waals surface area contributed by atoms with E-state index >= 15 is 0 Å². The number of carbonyl (C=O) groups is 1. The lowest BCUT2D eigenvalue weighted by molar-refractivity contribution is -0.379. The normalized spacial score (nSPS) is 29.7. The molecule has 19 nitrogen and oxygen atoms in total. The van der Waals surface area contributed by atoms with Crippen molar-refractivity contribution in [3.63, 3.8) is 0 Å². The van der Waals surface area contributed by atoms with E-state index in [0.717, 1.165) is 96.3 Å². The first-order chi connectivity index (χ1) is 42.3. The average molecular weight is 1220 g/mol. The Morgan fingerprint density at radius 3 is 1.24 bits per heavy atom. The van der Waals surface area contributed by atoms with Crippen molar-refractivity contribution in [3.05, 3.63) is 158 Å². The average Bonchev–Trinajstić information content (AvgIpc) is 3.66. The molecule has 3 rings (SSSR count).